The summed E-state index contributed by atoms with van der Waals surface area (Å²) >= 11 is 0. The molecule has 1 aliphatic heterocycles. The third-order valence-corrected chi connectivity index (χ3v) is 8.68. The van der Waals surface area contributed by atoms with Crippen molar-refractivity contribution in [1.29, 1.82) is 0 Å². The van der Waals surface area contributed by atoms with Gasteiger partial charge in [0, 0.05) is 36.3 Å². The minimum absolute atomic E-state index is 0.0167. The van der Waals surface area contributed by atoms with Crippen molar-refractivity contribution in [3.05, 3.63) is 51.5 Å². The molecule has 0 saturated carbocycles. The molecule has 0 aromatic heterocycles. The molecule has 40 heavy (non-hydrogen) atoms. The number of ether oxygens (including phenoxy) is 1. The highest BCUT2D eigenvalue weighted by Gasteiger charge is 2.63. The normalized spacial score (nSPS) is 28.9. The standard InChI is InChI=1S/C28H33N3O9/c1-31(2)22-16-10-12-9-15-14(18(33)11-30-13-5-7-40-8-6-13)3-4-17(32)20(15)23(34)19(12)25(36)28(16,39)26(37)21(24(22)35)27(29)38/h3-4,12-13,16,22,30,32,35-36,39H,5-11H2,1-2H3,(H2,29,38)/t12-,16-,22+,28-/m0/s1. The number of aliphatic hydroxyl groups is 3. The number of rotatable bonds is 6. The molecule has 7 N–H and O–H groups in total. The van der Waals surface area contributed by atoms with E-state index in [1.54, 1.807) is 14.1 Å². The summed E-state index contributed by atoms with van der Waals surface area (Å²) in [6.07, 6.45) is 1.55. The van der Waals surface area contributed by atoms with Gasteiger partial charge in [0.15, 0.2) is 17.2 Å². The van der Waals surface area contributed by atoms with E-state index in [4.69, 9.17) is 10.5 Å². The number of phenolic OH excluding ortho intramolecular Hbond substituents is 1. The van der Waals surface area contributed by atoms with E-state index in [-0.39, 0.29) is 47.9 Å². The first-order valence-corrected chi connectivity index (χ1v) is 13.2. The molecule has 12 nitrogen and oxygen atoms in total. The second-order valence-corrected chi connectivity index (χ2v) is 11.1. The fourth-order valence-electron chi connectivity index (χ4n) is 6.75. The predicted octanol–water partition coefficient (Wildman–Crippen LogP) is 0.0719. The van der Waals surface area contributed by atoms with Gasteiger partial charge in [0.25, 0.3) is 5.91 Å². The highest BCUT2D eigenvalue weighted by Crippen LogP contribution is 2.52. The molecule has 3 aliphatic carbocycles. The minimum Gasteiger partial charge on any atom is -0.510 e. The number of phenols is 1. The number of carbonyl (C=O) groups excluding carboxylic acids is 4. The number of carbonyl (C=O) groups is 4. The van der Waals surface area contributed by atoms with Gasteiger partial charge < -0.3 is 36.2 Å². The van der Waals surface area contributed by atoms with Crippen LogP contribution in [0.4, 0.5) is 0 Å². The van der Waals surface area contributed by atoms with Gasteiger partial charge in [-0.05, 0) is 63.4 Å². The quantitative estimate of drug-likeness (QED) is 0.205. The molecule has 0 unspecified atom stereocenters. The third-order valence-electron chi connectivity index (χ3n) is 8.68. The number of ketones is 3. The van der Waals surface area contributed by atoms with Crippen LogP contribution in [-0.4, -0.2) is 100 Å². The summed E-state index contributed by atoms with van der Waals surface area (Å²) in [6.45, 7) is 1.22. The number of nitrogens with zero attached hydrogens (tertiary/aromatic N) is 1. The number of hydrogen-bond donors (Lipinski definition) is 6. The molecule has 1 fully saturated rings. The van der Waals surface area contributed by atoms with Crippen LogP contribution < -0.4 is 11.1 Å². The summed E-state index contributed by atoms with van der Waals surface area (Å²) in [5, 5.41) is 47.8. The van der Waals surface area contributed by atoms with Gasteiger partial charge in [-0.1, -0.05) is 0 Å². The van der Waals surface area contributed by atoms with E-state index in [9.17, 15) is 39.6 Å². The van der Waals surface area contributed by atoms with Crippen LogP contribution >= 0.6 is 0 Å². The molecule has 1 amide bonds. The first kappa shape index (κ1) is 28.0. The maximum Gasteiger partial charge on any atom is 0.255 e. The number of benzene rings is 1. The number of hydrogen-bond acceptors (Lipinski definition) is 11. The van der Waals surface area contributed by atoms with Crippen LogP contribution in [0.1, 0.15) is 45.5 Å². The lowest BCUT2D eigenvalue weighted by Gasteiger charge is -2.50. The van der Waals surface area contributed by atoms with E-state index >= 15 is 0 Å². The van der Waals surface area contributed by atoms with Crippen molar-refractivity contribution in [2.75, 3.05) is 33.9 Å². The highest BCUT2D eigenvalue weighted by atomic mass is 16.5. The molecule has 4 atom stereocenters. The van der Waals surface area contributed by atoms with Gasteiger partial charge in [-0.25, -0.2) is 0 Å². The lowest BCUT2D eigenvalue weighted by Crippen LogP contribution is -2.63. The summed E-state index contributed by atoms with van der Waals surface area (Å²) in [5.41, 5.74) is 1.90. The molecule has 214 valence electrons. The fraction of sp³-hybridized carbons (Fsp3) is 0.500. The van der Waals surface area contributed by atoms with Crippen LogP contribution in [0.5, 0.6) is 5.75 Å². The van der Waals surface area contributed by atoms with Crippen LogP contribution in [0, 0.1) is 11.8 Å². The molecule has 5 rings (SSSR count). The molecule has 1 aromatic carbocycles. The van der Waals surface area contributed by atoms with Crippen molar-refractivity contribution in [3.63, 3.8) is 0 Å². The first-order valence-electron chi connectivity index (χ1n) is 13.2. The third kappa shape index (κ3) is 4.14. The fourth-order valence-corrected chi connectivity index (χ4v) is 6.75. The van der Waals surface area contributed by atoms with Gasteiger partial charge >= 0.3 is 0 Å². The van der Waals surface area contributed by atoms with E-state index in [0.717, 1.165) is 12.8 Å². The van der Waals surface area contributed by atoms with Crippen molar-refractivity contribution in [2.24, 2.45) is 17.6 Å². The largest absolute Gasteiger partial charge is 0.510 e. The molecule has 0 spiro atoms. The predicted molar refractivity (Wildman–Crippen MR) is 140 cm³/mol. The molecule has 1 aromatic rings. The van der Waals surface area contributed by atoms with E-state index in [2.05, 4.69) is 5.32 Å². The highest BCUT2D eigenvalue weighted by molar-refractivity contribution is 6.25. The number of amides is 1. The topological polar surface area (TPSA) is 200 Å². The van der Waals surface area contributed by atoms with Crippen molar-refractivity contribution in [3.8, 4) is 5.75 Å². The molecule has 1 heterocycles. The number of primary amides is 1. The Labute approximate surface area is 230 Å². The number of nitrogens with two attached hydrogens (primary N) is 1. The van der Waals surface area contributed by atoms with Crippen molar-refractivity contribution >= 4 is 23.3 Å². The van der Waals surface area contributed by atoms with Gasteiger partial charge in [0.2, 0.25) is 5.78 Å². The monoisotopic (exact) mass is 555 g/mol. The lowest BCUT2D eigenvalue weighted by molar-refractivity contribution is -0.148. The molecule has 0 radical (unpaired) electrons. The zero-order valence-electron chi connectivity index (χ0n) is 22.3. The summed E-state index contributed by atoms with van der Waals surface area (Å²) in [4.78, 5) is 54.0. The molecule has 4 aliphatic rings. The first-order chi connectivity index (χ1) is 18.9. The Kier molecular flexibility index (Phi) is 7.07. The summed E-state index contributed by atoms with van der Waals surface area (Å²) in [5.74, 6) is -7.54. The zero-order valence-corrected chi connectivity index (χ0v) is 22.3. The Morgan fingerprint density at radius 2 is 1.82 bits per heavy atom. The second kappa shape index (κ2) is 10.1. The maximum absolute atomic E-state index is 13.8. The number of aliphatic hydroxyl groups excluding tert-OH is 2. The van der Waals surface area contributed by atoms with E-state index in [1.807, 2.05) is 0 Å². The molecular formula is C28H33N3O9. The summed E-state index contributed by atoms with van der Waals surface area (Å²) < 4.78 is 5.35. The summed E-state index contributed by atoms with van der Waals surface area (Å²) in [7, 11) is 3.13. The van der Waals surface area contributed by atoms with E-state index in [1.165, 1.54) is 17.0 Å². The number of fused-ring (bicyclic) bond motifs is 3. The van der Waals surface area contributed by atoms with Gasteiger partial charge in [-0.3, -0.25) is 24.1 Å². The van der Waals surface area contributed by atoms with Gasteiger partial charge in [0.05, 0.1) is 18.2 Å². The van der Waals surface area contributed by atoms with Gasteiger partial charge in [-0.15, -0.1) is 0 Å². The Balaban J connectivity index is 1.57. The molecular weight excluding hydrogens is 522 g/mol. The Morgan fingerprint density at radius 3 is 2.45 bits per heavy atom. The zero-order chi connectivity index (χ0) is 29.1. The number of nitrogens with one attached hydrogen (secondary N) is 1. The number of likely N-dealkylation sites (N-methyl/N-ethyl adjacent to an activating group) is 1. The Hall–Kier alpha value is -3.58. The maximum atomic E-state index is 13.8. The van der Waals surface area contributed by atoms with Crippen molar-refractivity contribution in [2.45, 2.75) is 43.4 Å². The number of aromatic hydroxyl groups is 1. The van der Waals surface area contributed by atoms with Gasteiger partial charge in [0.1, 0.15) is 22.8 Å². The SMILES string of the molecule is CN(C)[C@H]1C(O)=C(C(N)=O)C(=O)[C@@]2(O)C(O)=C3C(=O)c4c(O)ccc(C(=O)CNC5CCOCC5)c4C[C@H]3C[C@@H]12. The number of Topliss-reactive ketones (excluding diaryl/α,β-unsaturated/α-hetero) is 3. The van der Waals surface area contributed by atoms with Crippen molar-refractivity contribution in [1.82, 2.24) is 10.2 Å². The average Bonchev–Trinajstić information content (AvgIpc) is 2.89. The second-order valence-electron chi connectivity index (χ2n) is 11.1. The van der Waals surface area contributed by atoms with Crippen molar-refractivity contribution < 1.29 is 44.3 Å². The van der Waals surface area contributed by atoms with Crippen LogP contribution in [-0.2, 0) is 20.7 Å². The van der Waals surface area contributed by atoms with E-state index < -0.39 is 63.8 Å². The smallest absolute Gasteiger partial charge is 0.255 e. The molecule has 0 bridgehead atoms. The number of allylic oxidation sites excluding steroid dienone is 1. The lowest BCUT2D eigenvalue weighted by atomic mass is 9.58. The van der Waals surface area contributed by atoms with Crippen LogP contribution in [0.3, 0.4) is 0 Å². The average molecular weight is 556 g/mol. The molecule has 12 heteroatoms. The van der Waals surface area contributed by atoms with Crippen LogP contribution in [0.15, 0.2) is 34.8 Å². The Morgan fingerprint density at radius 1 is 1.15 bits per heavy atom. The molecule has 1 saturated heterocycles. The van der Waals surface area contributed by atoms with Crippen LogP contribution in [0.2, 0.25) is 0 Å². The van der Waals surface area contributed by atoms with Gasteiger partial charge in [-0.2, -0.15) is 0 Å². The minimum atomic E-state index is -2.71. The van der Waals surface area contributed by atoms with E-state index in [0.29, 0.717) is 18.8 Å². The van der Waals surface area contributed by atoms with Crippen LogP contribution in [0.25, 0.3) is 0 Å². The summed E-state index contributed by atoms with van der Waals surface area (Å²) in [6, 6.07) is 1.73. The Bertz CT molecular complexity index is 1370.